The van der Waals surface area contributed by atoms with Gasteiger partial charge in [0.15, 0.2) is 8.07 Å². The first kappa shape index (κ1) is 11.7. The summed E-state index contributed by atoms with van der Waals surface area (Å²) in [7, 11) is -1.77. The van der Waals surface area contributed by atoms with Gasteiger partial charge in [-0.2, -0.15) is 0 Å². The van der Waals surface area contributed by atoms with E-state index in [1.807, 2.05) is 17.4 Å². The summed E-state index contributed by atoms with van der Waals surface area (Å²) < 4.78 is 8.15. The highest BCUT2D eigenvalue weighted by Gasteiger charge is 2.33. The van der Waals surface area contributed by atoms with Crippen LogP contribution in [-0.4, -0.2) is 13.1 Å². The van der Waals surface area contributed by atoms with Crippen LogP contribution in [0, 0.1) is 6.92 Å². The smallest absolute Gasteiger partial charge is 0.192 e. The third kappa shape index (κ3) is 1.72. The highest BCUT2D eigenvalue weighted by atomic mass is 32.1. The minimum atomic E-state index is -1.77. The Morgan fingerprint density at radius 2 is 2.00 bits per heavy atom. The molecule has 2 heterocycles. The van der Waals surface area contributed by atoms with Crippen molar-refractivity contribution >= 4 is 39.6 Å². The summed E-state index contributed by atoms with van der Waals surface area (Å²) in [5.74, 6) is 0. The molecule has 2 aromatic heterocycles. The quantitative estimate of drug-likeness (QED) is 0.671. The van der Waals surface area contributed by atoms with Gasteiger partial charge in [-0.05, 0) is 30.7 Å². The lowest BCUT2D eigenvalue weighted by Crippen LogP contribution is -2.52. The van der Waals surface area contributed by atoms with Gasteiger partial charge in [-0.3, -0.25) is 0 Å². The number of nitrogens with zero attached hydrogens (tertiary/aromatic N) is 1. The van der Waals surface area contributed by atoms with Crippen molar-refractivity contribution in [2.75, 3.05) is 0 Å². The maximum Gasteiger partial charge on any atom is 0.192 e. The predicted molar refractivity (Wildman–Crippen MR) is 79.8 cm³/mol. The van der Waals surface area contributed by atoms with Crippen molar-refractivity contribution in [1.29, 1.82) is 0 Å². The summed E-state index contributed by atoms with van der Waals surface area (Å²) in [6.45, 7) is 6.73. The minimum absolute atomic E-state index is 1.10. The van der Waals surface area contributed by atoms with Gasteiger partial charge in [-0.15, -0.1) is 11.3 Å². The molecule has 18 heavy (non-hydrogen) atoms. The van der Waals surface area contributed by atoms with Crippen molar-refractivity contribution in [3.8, 4) is 0 Å². The lowest BCUT2D eigenvalue weighted by molar-refractivity contribution is 0.598. The van der Waals surface area contributed by atoms with Crippen LogP contribution in [0.3, 0.4) is 0 Å². The molecule has 0 amide bonds. The molecule has 4 heteroatoms. The van der Waals surface area contributed by atoms with E-state index in [-0.39, 0.29) is 0 Å². The van der Waals surface area contributed by atoms with Crippen LogP contribution in [0.4, 0.5) is 0 Å². The molecule has 0 aliphatic rings. The average Bonchev–Trinajstić information content (AvgIpc) is 2.99. The number of aromatic nitrogens is 1. The Balaban J connectivity index is 2.18. The number of benzene rings is 1. The minimum Gasteiger partial charge on any atom is -0.474 e. The SMILES string of the molecule is Cc1cccc2nc([Si](C)(C)c3ccco3)sc12. The fraction of sp³-hybridized carbons (Fsp3) is 0.214. The summed E-state index contributed by atoms with van der Waals surface area (Å²) in [6.07, 6.45) is 1.75. The Labute approximate surface area is 111 Å². The van der Waals surface area contributed by atoms with Crippen LogP contribution in [0.2, 0.25) is 13.1 Å². The number of hydrogen-bond donors (Lipinski definition) is 0. The second kappa shape index (κ2) is 4.07. The van der Waals surface area contributed by atoms with Crippen molar-refractivity contribution < 1.29 is 4.42 Å². The molecule has 0 N–H and O–H groups in total. The molecule has 0 unspecified atom stereocenters. The monoisotopic (exact) mass is 273 g/mol. The van der Waals surface area contributed by atoms with Crippen LogP contribution in [0.1, 0.15) is 5.56 Å². The van der Waals surface area contributed by atoms with Crippen molar-refractivity contribution in [2.24, 2.45) is 0 Å². The van der Waals surface area contributed by atoms with Gasteiger partial charge in [0.2, 0.25) is 0 Å². The molecule has 2 nitrogen and oxygen atoms in total. The van der Waals surface area contributed by atoms with Crippen molar-refractivity contribution in [3.05, 3.63) is 42.2 Å². The summed E-state index contributed by atoms with van der Waals surface area (Å²) >= 11 is 1.82. The summed E-state index contributed by atoms with van der Waals surface area (Å²) in [4.78, 5) is 4.82. The molecular formula is C14H15NOSSi. The van der Waals surface area contributed by atoms with E-state index in [4.69, 9.17) is 9.40 Å². The zero-order valence-electron chi connectivity index (χ0n) is 10.7. The Kier molecular flexibility index (Phi) is 2.64. The summed E-state index contributed by atoms with van der Waals surface area (Å²) in [6, 6.07) is 10.3. The van der Waals surface area contributed by atoms with E-state index >= 15 is 0 Å². The second-order valence-electron chi connectivity index (χ2n) is 5.04. The van der Waals surface area contributed by atoms with Crippen molar-refractivity contribution in [3.63, 3.8) is 0 Å². The van der Waals surface area contributed by atoms with Crippen LogP contribution in [0.25, 0.3) is 10.2 Å². The summed E-state index contributed by atoms with van der Waals surface area (Å²) in [5.41, 5.74) is 2.42. The average molecular weight is 273 g/mol. The lowest BCUT2D eigenvalue weighted by Gasteiger charge is -2.15. The van der Waals surface area contributed by atoms with Gasteiger partial charge in [0.25, 0.3) is 0 Å². The van der Waals surface area contributed by atoms with Crippen molar-refractivity contribution in [2.45, 2.75) is 20.0 Å². The molecule has 0 spiro atoms. The van der Waals surface area contributed by atoms with Gasteiger partial charge >= 0.3 is 0 Å². The van der Waals surface area contributed by atoms with Gasteiger partial charge in [-0.25, -0.2) is 4.98 Å². The Morgan fingerprint density at radius 3 is 2.67 bits per heavy atom. The Morgan fingerprint density at radius 1 is 1.17 bits per heavy atom. The van der Waals surface area contributed by atoms with Gasteiger partial charge < -0.3 is 4.42 Å². The third-order valence-electron chi connectivity index (χ3n) is 3.28. The first-order valence-electron chi connectivity index (χ1n) is 5.99. The molecule has 1 aromatic carbocycles. The lowest BCUT2D eigenvalue weighted by atomic mass is 10.2. The van der Waals surface area contributed by atoms with E-state index in [1.165, 1.54) is 14.9 Å². The molecule has 3 aromatic rings. The summed E-state index contributed by atoms with van der Waals surface area (Å²) in [5, 5.41) is 1.10. The van der Waals surface area contributed by atoms with Crippen LogP contribution < -0.4 is 10.0 Å². The van der Waals surface area contributed by atoms with Crippen LogP contribution in [0.15, 0.2) is 41.0 Å². The molecule has 0 atom stereocenters. The highest BCUT2D eigenvalue weighted by Crippen LogP contribution is 2.22. The zero-order chi connectivity index (χ0) is 12.8. The molecule has 0 fully saturated rings. The number of hydrogen-bond acceptors (Lipinski definition) is 3. The van der Waals surface area contributed by atoms with E-state index in [2.05, 4.69) is 44.3 Å². The molecule has 0 saturated heterocycles. The van der Waals surface area contributed by atoms with Crippen molar-refractivity contribution in [1.82, 2.24) is 4.98 Å². The topological polar surface area (TPSA) is 26.0 Å². The fourth-order valence-electron chi connectivity index (χ4n) is 2.09. The molecule has 0 radical (unpaired) electrons. The number of aryl methyl sites for hydroxylation is 1. The zero-order valence-corrected chi connectivity index (χ0v) is 12.5. The van der Waals surface area contributed by atoms with Crippen LogP contribution in [-0.2, 0) is 0 Å². The molecular weight excluding hydrogens is 258 g/mol. The Hall–Kier alpha value is -1.39. The number of thiazole rings is 1. The second-order valence-corrected chi connectivity index (χ2v) is 10.6. The number of rotatable bonds is 2. The van der Waals surface area contributed by atoms with Gasteiger partial charge in [0.1, 0.15) is 0 Å². The molecule has 0 aliphatic heterocycles. The van der Waals surface area contributed by atoms with E-state index < -0.39 is 8.07 Å². The normalized spacial score (nSPS) is 12.2. The largest absolute Gasteiger partial charge is 0.474 e. The van der Waals surface area contributed by atoms with E-state index in [1.54, 1.807) is 6.26 Å². The first-order valence-corrected chi connectivity index (χ1v) is 9.81. The molecule has 3 rings (SSSR count). The fourth-order valence-corrected chi connectivity index (χ4v) is 5.99. The van der Waals surface area contributed by atoms with Gasteiger partial charge in [-0.1, -0.05) is 25.2 Å². The maximum atomic E-state index is 5.61. The molecule has 92 valence electrons. The van der Waals surface area contributed by atoms with Crippen LogP contribution >= 0.6 is 11.3 Å². The third-order valence-corrected chi connectivity index (χ3v) is 8.84. The highest BCUT2D eigenvalue weighted by molar-refractivity contribution is 7.32. The molecule has 0 bridgehead atoms. The Bertz CT molecular complexity index is 685. The van der Waals surface area contributed by atoms with E-state index in [0.717, 1.165) is 10.9 Å². The van der Waals surface area contributed by atoms with E-state index in [0.29, 0.717) is 0 Å². The number of fused-ring (bicyclic) bond motifs is 1. The molecule has 0 aliphatic carbocycles. The van der Waals surface area contributed by atoms with Gasteiger partial charge in [0, 0.05) is 0 Å². The van der Waals surface area contributed by atoms with Gasteiger partial charge in [0.05, 0.1) is 26.5 Å². The van der Waals surface area contributed by atoms with Crippen LogP contribution in [0.5, 0.6) is 0 Å². The predicted octanol–water partition coefficient (Wildman–Crippen LogP) is 3.02. The number of furan rings is 1. The molecule has 0 saturated carbocycles. The first-order chi connectivity index (χ1) is 8.59. The standard InChI is InChI=1S/C14H15NOSSi/c1-10-6-4-7-11-13(10)17-14(15-11)18(2,3)12-8-5-9-16-12/h4-9H,1-3H3. The van der Waals surface area contributed by atoms with E-state index in [9.17, 15) is 0 Å². The maximum absolute atomic E-state index is 5.61.